The number of hydrogen-bond acceptors (Lipinski definition) is 4. The van der Waals surface area contributed by atoms with Crippen molar-refractivity contribution in [3.8, 4) is 0 Å². The number of unbranched alkanes of at least 4 members (excludes halogenated alkanes) is 2. The van der Waals surface area contributed by atoms with E-state index in [9.17, 15) is 0 Å². The fourth-order valence-corrected chi connectivity index (χ4v) is 3.14. The molecule has 0 aliphatic heterocycles. The summed E-state index contributed by atoms with van der Waals surface area (Å²) in [5, 5.41) is 2.10. The smallest absolute Gasteiger partial charge is 0.195 e. The monoisotopic (exact) mass is 322 g/mol. The second-order valence-corrected chi connectivity index (χ2v) is 6.35. The fourth-order valence-electron chi connectivity index (χ4n) is 3.14. The Bertz CT molecular complexity index is 915. The van der Waals surface area contributed by atoms with Gasteiger partial charge in [0.1, 0.15) is 11.0 Å². The molecule has 0 bridgehead atoms. The van der Waals surface area contributed by atoms with Crippen molar-refractivity contribution >= 4 is 33.0 Å². The second-order valence-electron chi connectivity index (χ2n) is 6.35. The number of aryl methyl sites for hydroxylation is 2. The second kappa shape index (κ2) is 6.27. The van der Waals surface area contributed by atoms with Crippen molar-refractivity contribution in [2.75, 3.05) is 0 Å². The third-order valence-corrected chi connectivity index (χ3v) is 4.48. The first-order chi connectivity index (χ1) is 11.8. The highest BCUT2D eigenvalue weighted by atomic mass is 16.4. The van der Waals surface area contributed by atoms with Crippen LogP contribution in [0.2, 0.25) is 0 Å². The van der Waals surface area contributed by atoms with Gasteiger partial charge in [0.25, 0.3) is 0 Å². The van der Waals surface area contributed by atoms with Gasteiger partial charge in [0.15, 0.2) is 22.9 Å². The van der Waals surface area contributed by atoms with Crippen LogP contribution in [0.1, 0.15) is 51.3 Å². The van der Waals surface area contributed by atoms with Gasteiger partial charge < -0.3 is 8.83 Å². The molecule has 0 amide bonds. The molecule has 24 heavy (non-hydrogen) atoms. The third-order valence-electron chi connectivity index (χ3n) is 4.48. The molecule has 0 fully saturated rings. The van der Waals surface area contributed by atoms with Crippen LogP contribution in [0.15, 0.2) is 33.1 Å². The van der Waals surface area contributed by atoms with Crippen molar-refractivity contribution in [2.45, 2.75) is 52.4 Å². The van der Waals surface area contributed by atoms with Crippen LogP contribution < -0.4 is 0 Å². The molecule has 2 aromatic heterocycles. The van der Waals surface area contributed by atoms with E-state index in [2.05, 4.69) is 35.9 Å². The Morgan fingerprint density at radius 1 is 0.708 bits per heavy atom. The predicted octanol–water partition coefficient (Wildman–Crippen LogP) is 5.81. The van der Waals surface area contributed by atoms with E-state index in [-0.39, 0.29) is 0 Å². The Balaban J connectivity index is 1.85. The summed E-state index contributed by atoms with van der Waals surface area (Å²) in [7, 11) is 0. The molecule has 0 N–H and O–H groups in total. The lowest BCUT2D eigenvalue weighted by atomic mass is 10.1. The topological polar surface area (TPSA) is 52.1 Å². The molecule has 0 saturated carbocycles. The highest BCUT2D eigenvalue weighted by Gasteiger charge is 2.14. The largest absolute Gasteiger partial charge is 0.440 e. The average Bonchev–Trinajstić information content (AvgIpc) is 3.20. The number of hydrogen-bond donors (Lipinski definition) is 0. The van der Waals surface area contributed by atoms with Gasteiger partial charge in [-0.05, 0) is 37.1 Å². The van der Waals surface area contributed by atoms with Gasteiger partial charge in [-0.3, -0.25) is 0 Å². The van der Waals surface area contributed by atoms with Crippen LogP contribution in [0.5, 0.6) is 0 Å². The molecule has 0 aliphatic carbocycles. The first-order valence-electron chi connectivity index (χ1n) is 8.90. The molecule has 0 unspecified atom stereocenters. The molecule has 0 aliphatic rings. The lowest BCUT2D eigenvalue weighted by Gasteiger charge is -1.98. The maximum absolute atomic E-state index is 6.03. The zero-order chi connectivity index (χ0) is 16.5. The van der Waals surface area contributed by atoms with Gasteiger partial charge in [0, 0.05) is 23.6 Å². The average molecular weight is 322 g/mol. The summed E-state index contributed by atoms with van der Waals surface area (Å²) in [5.74, 6) is 1.64. The van der Waals surface area contributed by atoms with Crippen LogP contribution in [0, 0.1) is 0 Å². The Kier molecular flexibility index (Phi) is 3.97. The number of aromatic nitrogens is 2. The number of nitrogens with zero attached hydrogens (tertiary/aromatic N) is 2. The Labute approximate surface area is 140 Å². The Morgan fingerprint density at radius 2 is 1.17 bits per heavy atom. The van der Waals surface area contributed by atoms with Crippen molar-refractivity contribution in [3.05, 3.63) is 36.0 Å². The summed E-state index contributed by atoms with van der Waals surface area (Å²) >= 11 is 0. The van der Waals surface area contributed by atoms with Crippen molar-refractivity contribution in [3.63, 3.8) is 0 Å². The van der Waals surface area contributed by atoms with Gasteiger partial charge in [0.2, 0.25) is 0 Å². The van der Waals surface area contributed by atoms with E-state index in [1.807, 2.05) is 12.1 Å². The summed E-state index contributed by atoms with van der Waals surface area (Å²) in [6.45, 7) is 4.35. The quantitative estimate of drug-likeness (QED) is 0.449. The number of fused-ring (bicyclic) bond motifs is 5. The molecule has 4 rings (SSSR count). The molecule has 4 heteroatoms. The Morgan fingerprint density at radius 3 is 1.58 bits per heavy atom. The SMILES string of the molecule is CCCCc1nc2ccc3c(ccc4nc(CCCC)oc43)c2o1. The van der Waals surface area contributed by atoms with Gasteiger partial charge >= 0.3 is 0 Å². The first kappa shape index (κ1) is 15.2. The van der Waals surface area contributed by atoms with E-state index in [0.29, 0.717) is 0 Å². The van der Waals surface area contributed by atoms with Crippen molar-refractivity contribution in [2.24, 2.45) is 0 Å². The zero-order valence-corrected chi connectivity index (χ0v) is 14.3. The minimum absolute atomic E-state index is 0.820. The molecular weight excluding hydrogens is 300 g/mol. The van der Waals surface area contributed by atoms with E-state index in [1.54, 1.807) is 0 Å². The van der Waals surface area contributed by atoms with Crippen molar-refractivity contribution in [1.82, 2.24) is 9.97 Å². The minimum Gasteiger partial charge on any atom is -0.440 e. The number of oxazole rings is 2. The highest BCUT2D eigenvalue weighted by molar-refractivity contribution is 6.12. The summed E-state index contributed by atoms with van der Waals surface area (Å²) in [6.07, 6.45) is 6.24. The lowest BCUT2D eigenvalue weighted by Crippen LogP contribution is -1.82. The van der Waals surface area contributed by atoms with E-state index in [1.165, 1.54) is 0 Å². The molecule has 2 heterocycles. The molecule has 2 aromatic carbocycles. The maximum atomic E-state index is 6.03. The van der Waals surface area contributed by atoms with Gasteiger partial charge in [0.05, 0.1) is 0 Å². The van der Waals surface area contributed by atoms with Crippen LogP contribution in [-0.2, 0) is 12.8 Å². The number of rotatable bonds is 6. The number of benzene rings is 2. The van der Waals surface area contributed by atoms with E-state index < -0.39 is 0 Å². The summed E-state index contributed by atoms with van der Waals surface area (Å²) in [6, 6.07) is 8.18. The molecule has 0 spiro atoms. The van der Waals surface area contributed by atoms with Crippen LogP contribution in [0.25, 0.3) is 33.0 Å². The normalized spacial score (nSPS) is 11.9. The van der Waals surface area contributed by atoms with Crippen molar-refractivity contribution < 1.29 is 8.83 Å². The van der Waals surface area contributed by atoms with Crippen LogP contribution in [-0.4, -0.2) is 9.97 Å². The molecule has 124 valence electrons. The molecule has 4 nitrogen and oxygen atoms in total. The maximum Gasteiger partial charge on any atom is 0.195 e. The van der Waals surface area contributed by atoms with E-state index in [0.717, 1.165) is 83.3 Å². The van der Waals surface area contributed by atoms with Gasteiger partial charge in [-0.2, -0.15) is 0 Å². The summed E-state index contributed by atoms with van der Waals surface area (Å²) in [5.41, 5.74) is 3.54. The van der Waals surface area contributed by atoms with E-state index >= 15 is 0 Å². The van der Waals surface area contributed by atoms with Crippen LogP contribution in [0.4, 0.5) is 0 Å². The first-order valence-corrected chi connectivity index (χ1v) is 8.90. The molecule has 0 radical (unpaired) electrons. The third kappa shape index (κ3) is 2.56. The lowest BCUT2D eigenvalue weighted by molar-refractivity contribution is 0.518. The summed E-state index contributed by atoms with van der Waals surface area (Å²) < 4.78 is 12.1. The van der Waals surface area contributed by atoms with Crippen LogP contribution >= 0.6 is 0 Å². The standard InChI is InChI=1S/C20H22N2O2/c1-3-5-7-17-21-15-11-9-14-13(19(15)23-17)10-12-16-20(14)24-18(22-16)8-6-4-2/h9-12H,3-8H2,1-2H3. The molecular formula is C20H22N2O2. The molecule has 0 saturated heterocycles. The fraction of sp³-hybridized carbons (Fsp3) is 0.400. The van der Waals surface area contributed by atoms with Crippen molar-refractivity contribution in [1.29, 1.82) is 0 Å². The molecule has 4 aromatic rings. The van der Waals surface area contributed by atoms with Crippen LogP contribution in [0.3, 0.4) is 0 Å². The zero-order valence-electron chi connectivity index (χ0n) is 14.3. The van der Waals surface area contributed by atoms with Gasteiger partial charge in [-0.15, -0.1) is 0 Å². The highest BCUT2D eigenvalue weighted by Crippen LogP contribution is 2.32. The Hall–Kier alpha value is -2.36. The summed E-state index contributed by atoms with van der Waals surface area (Å²) in [4.78, 5) is 9.23. The van der Waals surface area contributed by atoms with E-state index in [4.69, 9.17) is 8.83 Å². The molecule has 0 atom stereocenters. The van der Waals surface area contributed by atoms with Gasteiger partial charge in [-0.25, -0.2) is 9.97 Å². The predicted molar refractivity (Wildman–Crippen MR) is 96.3 cm³/mol. The minimum atomic E-state index is 0.820. The van der Waals surface area contributed by atoms with Gasteiger partial charge in [-0.1, -0.05) is 26.7 Å².